The molecule has 0 rings (SSSR count). The summed E-state index contributed by atoms with van der Waals surface area (Å²) in [6.07, 6.45) is 50.3. The van der Waals surface area contributed by atoms with Gasteiger partial charge in [-0.05, 0) is 5.92 Å². The summed E-state index contributed by atoms with van der Waals surface area (Å²) in [5.41, 5.74) is 0. The van der Waals surface area contributed by atoms with Crippen LogP contribution in [0, 0.1) is 5.92 Å². The molecule has 0 nitrogen and oxygen atoms in total. The SMILES string of the molecule is CCCCCCCCCCCCCCCCCCC(CCCCCCCC)CCCCCCCCCCC. The monoisotopic (exact) mass is 535 g/mol. The fraction of sp³-hybridized carbons (Fsp3) is 1.00. The number of hydrogen-bond acceptors (Lipinski definition) is 0. The molecule has 0 aromatic carbocycles. The number of rotatable bonds is 34. The molecule has 0 saturated heterocycles. The van der Waals surface area contributed by atoms with Gasteiger partial charge < -0.3 is 0 Å². The third kappa shape index (κ3) is 32.2. The molecule has 0 spiro atoms. The van der Waals surface area contributed by atoms with Crippen LogP contribution in [-0.4, -0.2) is 0 Å². The van der Waals surface area contributed by atoms with Gasteiger partial charge in [-0.15, -0.1) is 0 Å². The molecule has 38 heavy (non-hydrogen) atoms. The van der Waals surface area contributed by atoms with Gasteiger partial charge in [0.2, 0.25) is 0 Å². The second-order valence-corrected chi connectivity index (χ2v) is 13.1. The van der Waals surface area contributed by atoms with E-state index in [2.05, 4.69) is 20.8 Å². The summed E-state index contributed by atoms with van der Waals surface area (Å²) in [7, 11) is 0. The molecule has 0 heterocycles. The molecule has 0 heteroatoms. The maximum absolute atomic E-state index is 2.33. The van der Waals surface area contributed by atoms with Crippen LogP contribution < -0.4 is 0 Å². The van der Waals surface area contributed by atoms with E-state index >= 15 is 0 Å². The normalized spacial score (nSPS) is 12.4. The second kappa shape index (κ2) is 35.0. The highest BCUT2D eigenvalue weighted by atomic mass is 14.1. The Morgan fingerprint density at radius 3 is 0.553 bits per heavy atom. The summed E-state index contributed by atoms with van der Waals surface area (Å²) in [4.78, 5) is 0. The molecule has 0 amide bonds. The van der Waals surface area contributed by atoms with Crippen LogP contribution >= 0.6 is 0 Å². The molecule has 0 saturated carbocycles. The van der Waals surface area contributed by atoms with Crippen molar-refractivity contribution in [2.45, 2.75) is 239 Å². The minimum Gasteiger partial charge on any atom is -0.0654 e. The van der Waals surface area contributed by atoms with Crippen LogP contribution in [-0.2, 0) is 0 Å². The summed E-state index contributed by atoms with van der Waals surface area (Å²) in [5.74, 6) is 1.04. The van der Waals surface area contributed by atoms with Crippen molar-refractivity contribution in [2.75, 3.05) is 0 Å². The highest BCUT2D eigenvalue weighted by Crippen LogP contribution is 2.25. The van der Waals surface area contributed by atoms with E-state index in [4.69, 9.17) is 0 Å². The van der Waals surface area contributed by atoms with Crippen molar-refractivity contribution in [3.8, 4) is 0 Å². The lowest BCUT2D eigenvalue weighted by atomic mass is 9.89. The van der Waals surface area contributed by atoms with Gasteiger partial charge in [-0.1, -0.05) is 239 Å². The summed E-state index contributed by atoms with van der Waals surface area (Å²) in [6, 6.07) is 0. The zero-order chi connectivity index (χ0) is 27.6. The van der Waals surface area contributed by atoms with Gasteiger partial charge in [-0.25, -0.2) is 0 Å². The zero-order valence-electron chi connectivity index (χ0n) is 27.6. The topological polar surface area (TPSA) is 0 Å². The Morgan fingerprint density at radius 2 is 0.368 bits per heavy atom. The minimum absolute atomic E-state index is 1.04. The first-order valence-electron chi connectivity index (χ1n) is 18.8. The van der Waals surface area contributed by atoms with Gasteiger partial charge in [-0.2, -0.15) is 0 Å². The number of hydrogen-bond donors (Lipinski definition) is 0. The van der Waals surface area contributed by atoms with Crippen molar-refractivity contribution < 1.29 is 0 Å². The predicted octanol–water partition coefficient (Wildman–Crippen LogP) is 14.9. The van der Waals surface area contributed by atoms with Crippen molar-refractivity contribution in [3.63, 3.8) is 0 Å². The van der Waals surface area contributed by atoms with E-state index in [0.29, 0.717) is 0 Å². The van der Waals surface area contributed by atoms with Crippen molar-refractivity contribution in [2.24, 2.45) is 5.92 Å². The molecular weight excluding hydrogens is 456 g/mol. The van der Waals surface area contributed by atoms with Gasteiger partial charge in [0.05, 0.1) is 0 Å². The molecule has 0 aliphatic heterocycles. The lowest BCUT2D eigenvalue weighted by Gasteiger charge is -2.17. The Balaban J connectivity index is 3.70. The highest BCUT2D eigenvalue weighted by molar-refractivity contribution is 4.62. The Bertz CT molecular complexity index is 385. The third-order valence-corrected chi connectivity index (χ3v) is 9.15. The molecule has 1 unspecified atom stereocenters. The van der Waals surface area contributed by atoms with Crippen molar-refractivity contribution in [3.05, 3.63) is 0 Å². The molecule has 0 fully saturated rings. The molecule has 0 aromatic rings. The standard InChI is InChI=1S/C38H78/c1-4-7-10-13-16-18-19-20-21-22-23-24-26-28-31-34-37-38(35-32-29-15-12-9-6-3)36-33-30-27-25-17-14-11-8-5-2/h38H,4-37H2,1-3H3. The number of unbranched alkanes of at least 4 members (excludes halogenated alkanes) is 28. The van der Waals surface area contributed by atoms with Crippen LogP contribution in [0.4, 0.5) is 0 Å². The van der Waals surface area contributed by atoms with Gasteiger partial charge in [0.15, 0.2) is 0 Å². The van der Waals surface area contributed by atoms with Crippen molar-refractivity contribution >= 4 is 0 Å². The van der Waals surface area contributed by atoms with E-state index in [1.165, 1.54) is 218 Å². The van der Waals surface area contributed by atoms with Gasteiger partial charge in [0.25, 0.3) is 0 Å². The fourth-order valence-corrected chi connectivity index (χ4v) is 6.37. The maximum atomic E-state index is 2.33. The lowest BCUT2D eigenvalue weighted by Crippen LogP contribution is -2.01. The van der Waals surface area contributed by atoms with Crippen LogP contribution in [0.3, 0.4) is 0 Å². The van der Waals surface area contributed by atoms with E-state index in [1.54, 1.807) is 0 Å². The van der Waals surface area contributed by atoms with Gasteiger partial charge in [-0.3, -0.25) is 0 Å². The average molecular weight is 535 g/mol. The maximum Gasteiger partial charge on any atom is -0.0414 e. The van der Waals surface area contributed by atoms with Crippen molar-refractivity contribution in [1.82, 2.24) is 0 Å². The first kappa shape index (κ1) is 38.0. The molecule has 1 atom stereocenters. The second-order valence-electron chi connectivity index (χ2n) is 13.1. The zero-order valence-corrected chi connectivity index (χ0v) is 27.6. The summed E-state index contributed by atoms with van der Waals surface area (Å²) < 4.78 is 0. The first-order chi connectivity index (χ1) is 18.8. The molecule has 0 aromatic heterocycles. The van der Waals surface area contributed by atoms with E-state index in [1.807, 2.05) is 0 Å². The fourth-order valence-electron chi connectivity index (χ4n) is 6.37. The van der Waals surface area contributed by atoms with Crippen LogP contribution in [0.5, 0.6) is 0 Å². The Morgan fingerprint density at radius 1 is 0.211 bits per heavy atom. The molecule has 0 N–H and O–H groups in total. The Labute approximate surface area is 244 Å². The van der Waals surface area contributed by atoms with Crippen LogP contribution in [0.25, 0.3) is 0 Å². The summed E-state index contributed by atoms with van der Waals surface area (Å²) >= 11 is 0. The summed E-state index contributed by atoms with van der Waals surface area (Å²) in [6.45, 7) is 6.97. The van der Waals surface area contributed by atoms with Crippen molar-refractivity contribution in [1.29, 1.82) is 0 Å². The first-order valence-corrected chi connectivity index (χ1v) is 18.8. The molecule has 230 valence electrons. The Hall–Kier alpha value is 0. The molecule has 0 aliphatic rings. The van der Waals surface area contributed by atoms with Gasteiger partial charge >= 0.3 is 0 Å². The van der Waals surface area contributed by atoms with Gasteiger partial charge in [0.1, 0.15) is 0 Å². The molecular formula is C38H78. The predicted molar refractivity (Wildman–Crippen MR) is 177 cm³/mol. The quantitative estimate of drug-likeness (QED) is 0.0720. The third-order valence-electron chi connectivity index (χ3n) is 9.15. The summed E-state index contributed by atoms with van der Waals surface area (Å²) in [5, 5.41) is 0. The molecule has 0 radical (unpaired) electrons. The van der Waals surface area contributed by atoms with Gasteiger partial charge in [0, 0.05) is 0 Å². The highest BCUT2D eigenvalue weighted by Gasteiger charge is 2.09. The molecule has 0 bridgehead atoms. The van der Waals surface area contributed by atoms with E-state index < -0.39 is 0 Å². The smallest absolute Gasteiger partial charge is 0.0414 e. The van der Waals surface area contributed by atoms with E-state index in [-0.39, 0.29) is 0 Å². The van der Waals surface area contributed by atoms with E-state index in [0.717, 1.165) is 5.92 Å². The molecule has 0 aliphatic carbocycles. The minimum atomic E-state index is 1.04. The van der Waals surface area contributed by atoms with Crippen LogP contribution in [0.2, 0.25) is 0 Å². The van der Waals surface area contributed by atoms with E-state index in [9.17, 15) is 0 Å². The average Bonchev–Trinajstić information content (AvgIpc) is 2.93. The largest absolute Gasteiger partial charge is 0.0654 e. The Kier molecular flexibility index (Phi) is 35.0. The van der Waals surface area contributed by atoms with Crippen LogP contribution in [0.15, 0.2) is 0 Å². The lowest BCUT2D eigenvalue weighted by molar-refractivity contribution is 0.365. The van der Waals surface area contributed by atoms with Crippen LogP contribution in [0.1, 0.15) is 239 Å².